The number of anilines is 1. The highest BCUT2D eigenvalue weighted by molar-refractivity contribution is 5.46. The van der Waals surface area contributed by atoms with Gasteiger partial charge in [0.1, 0.15) is 0 Å². The number of nitrogens with two attached hydrogens (primary N) is 1. The van der Waals surface area contributed by atoms with Crippen molar-refractivity contribution in [3.63, 3.8) is 0 Å². The molecule has 0 aliphatic heterocycles. The molecular weight excluding hydrogens is 210 g/mol. The Bertz CT molecular complexity index is 364. The molecule has 0 unspecified atom stereocenters. The summed E-state index contributed by atoms with van der Waals surface area (Å²) >= 11 is 0. The zero-order valence-electron chi connectivity index (χ0n) is 10.7. The summed E-state index contributed by atoms with van der Waals surface area (Å²) in [5.41, 5.74) is 7.93. The predicted octanol–water partition coefficient (Wildman–Crippen LogP) is 2.34. The molecule has 0 fully saturated rings. The van der Waals surface area contributed by atoms with Gasteiger partial charge >= 0.3 is 0 Å². The Balaban J connectivity index is 2.80. The van der Waals surface area contributed by atoms with E-state index in [1.807, 2.05) is 18.3 Å². The van der Waals surface area contributed by atoms with E-state index in [9.17, 15) is 0 Å². The molecule has 0 aliphatic rings. The van der Waals surface area contributed by atoms with E-state index in [-0.39, 0.29) is 6.04 Å². The monoisotopic (exact) mass is 231 g/mol. The van der Waals surface area contributed by atoms with Gasteiger partial charge in [-0.05, 0) is 25.0 Å². The third kappa shape index (κ3) is 3.76. The lowest BCUT2D eigenvalue weighted by molar-refractivity contribution is 0.675. The van der Waals surface area contributed by atoms with Crippen molar-refractivity contribution in [2.45, 2.75) is 32.7 Å². The molecule has 0 aromatic carbocycles. The molecule has 1 heterocycles. The summed E-state index contributed by atoms with van der Waals surface area (Å²) in [7, 11) is 0. The summed E-state index contributed by atoms with van der Waals surface area (Å²) < 4.78 is 0. The van der Waals surface area contributed by atoms with E-state index in [1.54, 1.807) is 0 Å². The first-order chi connectivity index (χ1) is 8.22. The van der Waals surface area contributed by atoms with Gasteiger partial charge < -0.3 is 10.6 Å². The average Bonchev–Trinajstić information content (AvgIpc) is 2.38. The third-order valence-corrected chi connectivity index (χ3v) is 2.73. The molecule has 1 aromatic rings. The molecule has 0 saturated carbocycles. The molecule has 2 N–H and O–H groups in total. The molecule has 1 rings (SSSR count). The van der Waals surface area contributed by atoms with Crippen molar-refractivity contribution in [2.75, 3.05) is 18.0 Å². The first-order valence-electron chi connectivity index (χ1n) is 6.12. The topological polar surface area (TPSA) is 42.1 Å². The zero-order valence-corrected chi connectivity index (χ0v) is 10.7. The average molecular weight is 231 g/mol. The quantitative estimate of drug-likeness (QED) is 0.764. The third-order valence-electron chi connectivity index (χ3n) is 2.73. The van der Waals surface area contributed by atoms with Crippen LogP contribution in [0.1, 0.15) is 38.4 Å². The predicted molar refractivity (Wildman–Crippen MR) is 72.8 cm³/mol. The van der Waals surface area contributed by atoms with Crippen LogP contribution in [-0.2, 0) is 0 Å². The van der Waals surface area contributed by atoms with E-state index in [2.05, 4.69) is 29.7 Å². The largest absolute Gasteiger partial charge is 0.359 e. The van der Waals surface area contributed by atoms with E-state index in [0.717, 1.165) is 30.8 Å². The van der Waals surface area contributed by atoms with Gasteiger partial charge in [0.25, 0.3) is 0 Å². The minimum absolute atomic E-state index is 0.0244. The van der Waals surface area contributed by atoms with Crippen LogP contribution in [0.4, 0.5) is 5.69 Å². The van der Waals surface area contributed by atoms with E-state index in [1.165, 1.54) is 0 Å². The lowest BCUT2D eigenvalue weighted by Gasteiger charge is -2.21. The molecule has 0 bridgehead atoms. The Hall–Kier alpha value is -1.53. The van der Waals surface area contributed by atoms with Gasteiger partial charge in [-0.3, -0.25) is 4.98 Å². The molecular formula is C14H21N3. The van der Waals surface area contributed by atoms with Gasteiger partial charge in [0, 0.05) is 12.6 Å². The number of nitrogens with zero attached hydrogens (tertiary/aromatic N) is 2. The Morgan fingerprint density at radius 3 is 2.71 bits per heavy atom. The molecule has 92 valence electrons. The maximum atomic E-state index is 5.93. The van der Waals surface area contributed by atoms with Crippen molar-refractivity contribution < 1.29 is 0 Å². The number of aromatic nitrogens is 1. The minimum atomic E-state index is 0.0244. The van der Waals surface area contributed by atoms with Gasteiger partial charge in [-0.2, -0.15) is 0 Å². The maximum absolute atomic E-state index is 5.93. The Labute approximate surface area is 104 Å². The lowest BCUT2D eigenvalue weighted by atomic mass is 10.1. The SMILES string of the molecule is C#CCN(CCC)c1ccc([C@@H](N)CC)nc1. The number of hydrogen-bond donors (Lipinski definition) is 1. The molecule has 17 heavy (non-hydrogen) atoms. The van der Waals surface area contributed by atoms with Crippen molar-refractivity contribution >= 4 is 5.69 Å². The molecule has 3 heteroatoms. The van der Waals surface area contributed by atoms with Gasteiger partial charge in [0.15, 0.2) is 0 Å². The van der Waals surface area contributed by atoms with Crippen LogP contribution in [0.3, 0.4) is 0 Å². The van der Waals surface area contributed by atoms with Crippen LogP contribution in [0.5, 0.6) is 0 Å². The highest BCUT2D eigenvalue weighted by Gasteiger charge is 2.07. The molecule has 0 amide bonds. The fourth-order valence-corrected chi connectivity index (χ4v) is 1.69. The Morgan fingerprint density at radius 1 is 1.47 bits per heavy atom. The van der Waals surface area contributed by atoms with Crippen LogP contribution in [0, 0.1) is 12.3 Å². The van der Waals surface area contributed by atoms with E-state index in [4.69, 9.17) is 12.2 Å². The van der Waals surface area contributed by atoms with Crippen LogP contribution in [0.15, 0.2) is 18.3 Å². The minimum Gasteiger partial charge on any atom is -0.359 e. The highest BCUT2D eigenvalue weighted by atomic mass is 15.1. The van der Waals surface area contributed by atoms with Crippen molar-refractivity contribution in [3.05, 3.63) is 24.0 Å². The normalized spacial score (nSPS) is 11.9. The van der Waals surface area contributed by atoms with Crippen molar-refractivity contribution in [1.82, 2.24) is 4.98 Å². The number of terminal acetylenes is 1. The Kier molecular flexibility index (Phi) is 5.51. The Morgan fingerprint density at radius 2 is 2.24 bits per heavy atom. The van der Waals surface area contributed by atoms with Crippen molar-refractivity contribution in [2.24, 2.45) is 5.73 Å². The number of pyridine rings is 1. The molecule has 0 aliphatic carbocycles. The maximum Gasteiger partial charge on any atom is 0.0792 e. The standard InChI is InChI=1S/C14H21N3/c1-4-9-17(10-5-2)12-7-8-14(16-11-12)13(15)6-3/h1,7-8,11,13H,5-6,9-10,15H2,2-3H3/t13-/m0/s1. The summed E-state index contributed by atoms with van der Waals surface area (Å²) in [5, 5.41) is 0. The molecule has 0 spiro atoms. The van der Waals surface area contributed by atoms with Gasteiger partial charge in [-0.1, -0.05) is 19.8 Å². The fraction of sp³-hybridized carbons (Fsp3) is 0.500. The lowest BCUT2D eigenvalue weighted by Crippen LogP contribution is -2.24. The number of hydrogen-bond acceptors (Lipinski definition) is 3. The molecule has 0 radical (unpaired) electrons. The van der Waals surface area contributed by atoms with Gasteiger partial charge in [0.05, 0.1) is 24.1 Å². The second kappa shape index (κ2) is 6.93. The number of rotatable bonds is 6. The van der Waals surface area contributed by atoms with Crippen LogP contribution < -0.4 is 10.6 Å². The van der Waals surface area contributed by atoms with Crippen molar-refractivity contribution in [3.8, 4) is 12.3 Å². The van der Waals surface area contributed by atoms with Gasteiger partial charge in [-0.25, -0.2) is 0 Å². The first kappa shape index (κ1) is 13.5. The van der Waals surface area contributed by atoms with Gasteiger partial charge in [-0.15, -0.1) is 6.42 Å². The summed E-state index contributed by atoms with van der Waals surface area (Å²) in [4.78, 5) is 6.55. The summed E-state index contributed by atoms with van der Waals surface area (Å²) in [6.07, 6.45) is 9.19. The van der Waals surface area contributed by atoms with Crippen LogP contribution in [0.25, 0.3) is 0 Å². The molecule has 1 atom stereocenters. The molecule has 3 nitrogen and oxygen atoms in total. The summed E-state index contributed by atoms with van der Waals surface area (Å²) in [6, 6.07) is 4.06. The molecule has 0 saturated heterocycles. The zero-order chi connectivity index (χ0) is 12.7. The smallest absolute Gasteiger partial charge is 0.0792 e. The van der Waals surface area contributed by atoms with E-state index >= 15 is 0 Å². The van der Waals surface area contributed by atoms with E-state index < -0.39 is 0 Å². The highest BCUT2D eigenvalue weighted by Crippen LogP contribution is 2.17. The van der Waals surface area contributed by atoms with Crippen molar-refractivity contribution in [1.29, 1.82) is 0 Å². The first-order valence-corrected chi connectivity index (χ1v) is 6.12. The van der Waals surface area contributed by atoms with Crippen LogP contribution >= 0.6 is 0 Å². The second-order valence-corrected chi connectivity index (χ2v) is 4.08. The van der Waals surface area contributed by atoms with E-state index in [0.29, 0.717) is 6.54 Å². The fourth-order valence-electron chi connectivity index (χ4n) is 1.69. The van der Waals surface area contributed by atoms with Gasteiger partial charge in [0.2, 0.25) is 0 Å². The van der Waals surface area contributed by atoms with Crippen LogP contribution in [-0.4, -0.2) is 18.1 Å². The summed E-state index contributed by atoms with van der Waals surface area (Å²) in [6.45, 7) is 5.76. The van der Waals surface area contributed by atoms with Crippen LogP contribution in [0.2, 0.25) is 0 Å². The second-order valence-electron chi connectivity index (χ2n) is 4.08. The summed E-state index contributed by atoms with van der Waals surface area (Å²) in [5.74, 6) is 2.67. The molecule has 1 aromatic heterocycles.